The van der Waals surface area contributed by atoms with Crippen molar-refractivity contribution in [1.82, 2.24) is 10.2 Å². The molecule has 0 bridgehead atoms. The number of anilines is 1. The van der Waals surface area contributed by atoms with Gasteiger partial charge >= 0.3 is 0 Å². The molecule has 0 atom stereocenters. The summed E-state index contributed by atoms with van der Waals surface area (Å²) in [6, 6.07) is 16.0. The summed E-state index contributed by atoms with van der Waals surface area (Å²) in [5.41, 5.74) is 1.95. The first-order chi connectivity index (χ1) is 13.6. The fourth-order valence-corrected chi connectivity index (χ4v) is 3.03. The zero-order chi connectivity index (χ0) is 19.8. The van der Waals surface area contributed by atoms with Crippen molar-refractivity contribution in [2.24, 2.45) is 0 Å². The van der Waals surface area contributed by atoms with Crippen LogP contribution in [0.2, 0.25) is 0 Å². The molecule has 1 saturated heterocycles. The lowest BCUT2D eigenvalue weighted by Crippen LogP contribution is -2.50. The Morgan fingerprint density at radius 1 is 0.929 bits per heavy atom. The monoisotopic (exact) mass is 385 g/mol. The molecule has 0 aliphatic carbocycles. The van der Waals surface area contributed by atoms with Gasteiger partial charge in [-0.25, -0.2) is 4.39 Å². The van der Waals surface area contributed by atoms with Crippen LogP contribution in [-0.4, -0.2) is 56.1 Å². The van der Waals surface area contributed by atoms with Crippen molar-refractivity contribution in [3.05, 3.63) is 66.0 Å². The second-order valence-corrected chi connectivity index (χ2v) is 6.60. The van der Waals surface area contributed by atoms with E-state index in [0.717, 1.165) is 24.3 Å². The van der Waals surface area contributed by atoms with E-state index >= 15 is 0 Å². The maximum atomic E-state index is 12.8. The Morgan fingerprint density at radius 2 is 1.61 bits per heavy atom. The molecule has 148 valence electrons. The predicted molar refractivity (Wildman–Crippen MR) is 104 cm³/mol. The average Bonchev–Trinajstić information content (AvgIpc) is 2.74. The van der Waals surface area contributed by atoms with Gasteiger partial charge in [0.25, 0.3) is 0 Å². The van der Waals surface area contributed by atoms with E-state index in [-0.39, 0.29) is 37.4 Å². The van der Waals surface area contributed by atoms with Crippen molar-refractivity contribution < 1.29 is 18.7 Å². The summed E-state index contributed by atoms with van der Waals surface area (Å²) in [5, 5.41) is 2.68. The number of nitrogens with one attached hydrogen (secondary N) is 1. The summed E-state index contributed by atoms with van der Waals surface area (Å²) < 4.78 is 18.1. The lowest BCUT2D eigenvalue weighted by atomic mass is 10.2. The van der Waals surface area contributed by atoms with E-state index in [1.807, 2.05) is 18.2 Å². The molecule has 0 radical (unpaired) electrons. The molecule has 2 amide bonds. The van der Waals surface area contributed by atoms with Crippen LogP contribution in [0.3, 0.4) is 0 Å². The van der Waals surface area contributed by atoms with Crippen LogP contribution < -0.4 is 10.2 Å². The van der Waals surface area contributed by atoms with Gasteiger partial charge < -0.3 is 19.9 Å². The summed E-state index contributed by atoms with van der Waals surface area (Å²) in [4.78, 5) is 28.1. The predicted octanol–water partition coefficient (Wildman–Crippen LogP) is 1.81. The second kappa shape index (κ2) is 9.85. The van der Waals surface area contributed by atoms with Gasteiger partial charge in [-0.15, -0.1) is 0 Å². The Bertz CT molecular complexity index is 775. The number of amides is 2. The maximum Gasteiger partial charge on any atom is 0.248 e. The van der Waals surface area contributed by atoms with Crippen LogP contribution in [0.1, 0.15) is 5.56 Å². The molecule has 2 aromatic carbocycles. The number of halogens is 1. The molecule has 1 fully saturated rings. The van der Waals surface area contributed by atoms with E-state index < -0.39 is 0 Å². The molecule has 2 aromatic rings. The van der Waals surface area contributed by atoms with Crippen molar-refractivity contribution in [1.29, 1.82) is 0 Å². The minimum absolute atomic E-state index is 0.112. The molecule has 1 aliphatic heterocycles. The zero-order valence-electron chi connectivity index (χ0n) is 15.6. The fourth-order valence-electron chi connectivity index (χ4n) is 3.03. The molecule has 0 saturated carbocycles. The molecule has 0 spiro atoms. The minimum atomic E-state index is -0.318. The van der Waals surface area contributed by atoms with Crippen LogP contribution in [-0.2, 0) is 20.9 Å². The van der Waals surface area contributed by atoms with Gasteiger partial charge in [0.05, 0.1) is 0 Å². The number of nitrogens with zero attached hydrogens (tertiary/aromatic N) is 2. The quantitative estimate of drug-likeness (QED) is 0.790. The van der Waals surface area contributed by atoms with E-state index in [1.165, 1.54) is 12.1 Å². The third kappa shape index (κ3) is 5.79. The highest BCUT2D eigenvalue weighted by Gasteiger charge is 2.21. The van der Waals surface area contributed by atoms with Gasteiger partial charge in [0, 0.05) is 38.4 Å². The van der Waals surface area contributed by atoms with Crippen molar-refractivity contribution in [3.63, 3.8) is 0 Å². The number of benzene rings is 2. The van der Waals surface area contributed by atoms with Gasteiger partial charge in [0.1, 0.15) is 19.0 Å². The molecule has 3 rings (SSSR count). The Labute approximate surface area is 163 Å². The third-order valence-corrected chi connectivity index (χ3v) is 4.62. The molecule has 6 nitrogen and oxygen atoms in total. The molecule has 0 unspecified atom stereocenters. The summed E-state index contributed by atoms with van der Waals surface area (Å²) >= 11 is 0. The van der Waals surface area contributed by atoms with E-state index in [0.29, 0.717) is 13.1 Å². The lowest BCUT2D eigenvalue weighted by Gasteiger charge is -2.36. The van der Waals surface area contributed by atoms with Crippen LogP contribution in [0, 0.1) is 5.82 Å². The second-order valence-electron chi connectivity index (χ2n) is 6.60. The van der Waals surface area contributed by atoms with Gasteiger partial charge in [-0.2, -0.15) is 0 Å². The van der Waals surface area contributed by atoms with Crippen molar-refractivity contribution in [3.8, 4) is 0 Å². The van der Waals surface area contributed by atoms with Gasteiger partial charge in [0.15, 0.2) is 0 Å². The first-order valence-corrected chi connectivity index (χ1v) is 9.28. The maximum absolute atomic E-state index is 12.8. The molecule has 0 aromatic heterocycles. The highest BCUT2D eigenvalue weighted by molar-refractivity contribution is 5.79. The van der Waals surface area contributed by atoms with E-state index in [9.17, 15) is 14.0 Å². The van der Waals surface area contributed by atoms with Crippen LogP contribution in [0.4, 0.5) is 10.1 Å². The lowest BCUT2D eigenvalue weighted by molar-refractivity contribution is -0.138. The third-order valence-electron chi connectivity index (χ3n) is 4.62. The highest BCUT2D eigenvalue weighted by atomic mass is 19.1. The standard InChI is InChI=1S/C21H24FN3O3/c22-18-8-6-17(7-9-18)14-23-20(26)15-28-16-21(27)25-12-10-24(11-13-25)19-4-2-1-3-5-19/h1-9H,10-16H2,(H,23,26). The molecule has 7 heteroatoms. The number of rotatable bonds is 7. The Balaban J connectivity index is 1.32. The summed E-state index contributed by atoms with van der Waals surface area (Å²) in [6.07, 6.45) is 0. The fraction of sp³-hybridized carbons (Fsp3) is 0.333. The molecule has 1 N–H and O–H groups in total. The summed E-state index contributed by atoms with van der Waals surface area (Å²) in [6.45, 7) is 2.80. The summed E-state index contributed by atoms with van der Waals surface area (Å²) in [7, 11) is 0. The van der Waals surface area contributed by atoms with Crippen LogP contribution in [0.15, 0.2) is 54.6 Å². The van der Waals surface area contributed by atoms with Gasteiger partial charge in [0.2, 0.25) is 11.8 Å². The molecular formula is C21H24FN3O3. The smallest absolute Gasteiger partial charge is 0.248 e. The largest absolute Gasteiger partial charge is 0.368 e. The number of carbonyl (C=O) groups excluding carboxylic acids is 2. The molecular weight excluding hydrogens is 361 g/mol. The van der Waals surface area contributed by atoms with Crippen molar-refractivity contribution in [2.75, 3.05) is 44.3 Å². The topological polar surface area (TPSA) is 61.9 Å². The first kappa shape index (κ1) is 19.8. The van der Waals surface area contributed by atoms with E-state index in [1.54, 1.807) is 17.0 Å². The summed E-state index contributed by atoms with van der Waals surface area (Å²) in [5.74, 6) is -0.744. The first-order valence-electron chi connectivity index (χ1n) is 9.28. The average molecular weight is 385 g/mol. The number of carbonyl (C=O) groups is 2. The SMILES string of the molecule is O=C(COCC(=O)N1CCN(c2ccccc2)CC1)NCc1ccc(F)cc1. The van der Waals surface area contributed by atoms with Gasteiger partial charge in [-0.05, 0) is 29.8 Å². The number of ether oxygens (including phenoxy) is 1. The van der Waals surface area contributed by atoms with Crippen molar-refractivity contribution >= 4 is 17.5 Å². The number of hydrogen-bond donors (Lipinski definition) is 1. The highest BCUT2D eigenvalue weighted by Crippen LogP contribution is 2.15. The van der Waals surface area contributed by atoms with Crippen LogP contribution in [0.5, 0.6) is 0 Å². The van der Waals surface area contributed by atoms with E-state index in [4.69, 9.17) is 4.74 Å². The molecule has 28 heavy (non-hydrogen) atoms. The van der Waals surface area contributed by atoms with E-state index in [2.05, 4.69) is 22.3 Å². The zero-order valence-corrected chi connectivity index (χ0v) is 15.6. The molecule has 1 heterocycles. The van der Waals surface area contributed by atoms with Gasteiger partial charge in [-0.1, -0.05) is 30.3 Å². The molecule has 1 aliphatic rings. The normalized spacial score (nSPS) is 14.0. The minimum Gasteiger partial charge on any atom is -0.368 e. The Morgan fingerprint density at radius 3 is 2.29 bits per heavy atom. The van der Waals surface area contributed by atoms with Gasteiger partial charge in [-0.3, -0.25) is 9.59 Å². The van der Waals surface area contributed by atoms with Crippen LogP contribution in [0.25, 0.3) is 0 Å². The Kier molecular flexibility index (Phi) is 6.97. The van der Waals surface area contributed by atoms with Crippen molar-refractivity contribution in [2.45, 2.75) is 6.54 Å². The van der Waals surface area contributed by atoms with Crippen LogP contribution >= 0.6 is 0 Å². The Hall–Kier alpha value is -2.93. The number of hydrogen-bond acceptors (Lipinski definition) is 4. The number of piperazine rings is 1. The number of para-hydroxylation sites is 1.